The molecule has 0 amide bonds. The van der Waals surface area contributed by atoms with Crippen LogP contribution in [0.5, 0.6) is 0 Å². The fourth-order valence-electron chi connectivity index (χ4n) is 3.90. The van der Waals surface area contributed by atoms with Crippen molar-refractivity contribution in [2.45, 2.75) is 39.1 Å². The minimum Gasteiger partial charge on any atom is -0.382 e. The summed E-state index contributed by atoms with van der Waals surface area (Å²) in [6.07, 6.45) is 0.302. The maximum absolute atomic E-state index is 10.7. The summed E-state index contributed by atoms with van der Waals surface area (Å²) in [4.78, 5) is 2.39. The number of nitriles is 1. The molecule has 0 saturated heterocycles. The molecule has 144 valence electrons. The number of aromatic nitrogens is 3. The highest BCUT2D eigenvalue weighted by Gasteiger charge is 2.21. The van der Waals surface area contributed by atoms with Crippen LogP contribution in [0.4, 0.5) is 0 Å². The zero-order valence-electron chi connectivity index (χ0n) is 16.3. The van der Waals surface area contributed by atoms with Crippen LogP contribution in [0.15, 0.2) is 42.5 Å². The van der Waals surface area contributed by atoms with Crippen LogP contribution in [0.2, 0.25) is 0 Å². The van der Waals surface area contributed by atoms with E-state index in [9.17, 15) is 10.4 Å². The molecular formula is C22H25N5O. The van der Waals surface area contributed by atoms with Crippen LogP contribution >= 0.6 is 0 Å². The minimum absolute atomic E-state index is 0.695. The molecule has 0 spiro atoms. The van der Waals surface area contributed by atoms with Crippen LogP contribution in [0.1, 0.15) is 46.4 Å². The minimum atomic E-state index is -0.705. The highest BCUT2D eigenvalue weighted by molar-refractivity contribution is 5.34. The topological polar surface area (TPSA) is 70.0 Å². The maximum atomic E-state index is 10.7. The van der Waals surface area contributed by atoms with E-state index in [2.05, 4.69) is 23.0 Å². The van der Waals surface area contributed by atoms with Crippen molar-refractivity contribution in [2.75, 3.05) is 6.54 Å². The highest BCUT2D eigenvalue weighted by Crippen LogP contribution is 2.24. The van der Waals surface area contributed by atoms with E-state index < -0.39 is 6.10 Å². The van der Waals surface area contributed by atoms with E-state index >= 15 is 0 Å². The third-order valence-electron chi connectivity index (χ3n) is 5.66. The first-order valence-electron chi connectivity index (χ1n) is 9.64. The first kappa shape index (κ1) is 18.5. The number of aliphatic hydroxyl groups excluding tert-OH is 1. The summed E-state index contributed by atoms with van der Waals surface area (Å²) < 4.78 is 3.98. The number of hydrogen-bond donors (Lipinski definition) is 1. The van der Waals surface area contributed by atoms with Crippen molar-refractivity contribution < 1.29 is 5.11 Å². The largest absolute Gasteiger partial charge is 0.382 e. The molecule has 0 unspecified atom stereocenters. The summed E-state index contributed by atoms with van der Waals surface area (Å²) in [6.45, 7) is 5.49. The van der Waals surface area contributed by atoms with E-state index in [0.29, 0.717) is 11.4 Å². The number of aliphatic hydroxyl groups is 1. The number of aryl methyl sites for hydroxylation is 1. The molecule has 1 atom stereocenters. The zero-order chi connectivity index (χ0) is 19.7. The van der Waals surface area contributed by atoms with E-state index in [1.165, 1.54) is 5.56 Å². The van der Waals surface area contributed by atoms with Gasteiger partial charge in [0, 0.05) is 38.9 Å². The van der Waals surface area contributed by atoms with E-state index in [1.807, 2.05) is 58.8 Å². The average Bonchev–Trinajstić information content (AvgIpc) is 3.16. The Morgan fingerprint density at radius 1 is 1.21 bits per heavy atom. The third kappa shape index (κ3) is 3.47. The van der Waals surface area contributed by atoms with Gasteiger partial charge in [0.25, 0.3) is 0 Å². The van der Waals surface area contributed by atoms with Crippen LogP contribution in [0.25, 0.3) is 0 Å². The molecule has 6 nitrogen and oxygen atoms in total. The molecule has 1 N–H and O–H groups in total. The molecule has 0 aliphatic carbocycles. The predicted octanol–water partition coefficient (Wildman–Crippen LogP) is 2.89. The van der Waals surface area contributed by atoms with Crippen molar-refractivity contribution in [3.05, 3.63) is 76.4 Å². The lowest BCUT2D eigenvalue weighted by atomic mass is 10.1. The van der Waals surface area contributed by atoms with Crippen LogP contribution in [-0.4, -0.2) is 30.9 Å². The molecule has 0 saturated carbocycles. The Morgan fingerprint density at radius 3 is 2.71 bits per heavy atom. The van der Waals surface area contributed by atoms with Crippen LogP contribution < -0.4 is 0 Å². The van der Waals surface area contributed by atoms with E-state index in [-0.39, 0.29) is 0 Å². The fourth-order valence-corrected chi connectivity index (χ4v) is 3.90. The lowest BCUT2D eigenvalue weighted by Crippen LogP contribution is -2.23. The van der Waals surface area contributed by atoms with Gasteiger partial charge in [-0.05, 0) is 36.6 Å². The Kier molecular flexibility index (Phi) is 5.03. The molecule has 2 aromatic heterocycles. The van der Waals surface area contributed by atoms with Gasteiger partial charge < -0.3 is 9.67 Å². The Morgan fingerprint density at radius 2 is 2.00 bits per heavy atom. The molecule has 1 aromatic carbocycles. The number of rotatable bonds is 4. The Labute approximate surface area is 165 Å². The monoisotopic (exact) mass is 375 g/mol. The van der Waals surface area contributed by atoms with Gasteiger partial charge in [-0.25, -0.2) is 0 Å². The van der Waals surface area contributed by atoms with Gasteiger partial charge in [0.05, 0.1) is 11.4 Å². The first-order valence-corrected chi connectivity index (χ1v) is 9.64. The average molecular weight is 375 g/mol. The predicted molar refractivity (Wildman–Crippen MR) is 106 cm³/mol. The van der Waals surface area contributed by atoms with Crippen molar-refractivity contribution in [3.8, 4) is 6.07 Å². The molecule has 4 rings (SSSR count). The lowest BCUT2D eigenvalue weighted by molar-refractivity contribution is 0.213. The molecule has 0 radical (unpaired) electrons. The second kappa shape index (κ2) is 7.63. The van der Waals surface area contributed by atoms with Gasteiger partial charge in [-0.3, -0.25) is 9.58 Å². The SMILES string of the molecule is Cc1c(CN2CCCn3nc([C@@H](O)c4ccccc4)cc3C2)cc(C#N)n1C. The van der Waals surface area contributed by atoms with Crippen molar-refractivity contribution in [2.24, 2.45) is 7.05 Å². The van der Waals surface area contributed by atoms with Gasteiger partial charge in [0.2, 0.25) is 0 Å². The summed E-state index contributed by atoms with van der Waals surface area (Å²) in [5.74, 6) is 0. The second-order valence-corrected chi connectivity index (χ2v) is 7.47. The first-order chi connectivity index (χ1) is 13.6. The molecule has 6 heteroatoms. The molecular weight excluding hydrogens is 350 g/mol. The smallest absolute Gasteiger partial charge is 0.123 e. The maximum Gasteiger partial charge on any atom is 0.123 e. The van der Waals surface area contributed by atoms with Crippen LogP contribution in [-0.2, 0) is 26.7 Å². The molecule has 0 bridgehead atoms. The molecule has 3 heterocycles. The van der Waals surface area contributed by atoms with Gasteiger partial charge in [-0.15, -0.1) is 0 Å². The molecule has 28 heavy (non-hydrogen) atoms. The zero-order valence-corrected chi connectivity index (χ0v) is 16.3. The standard InChI is InChI=1S/C22H25N5O/c1-16-18(11-19(13-23)25(16)2)14-26-9-6-10-27-20(15-26)12-21(24-27)22(28)17-7-4-3-5-8-17/h3-5,7-8,11-12,22,28H,6,9-10,14-15H2,1-2H3/t22-/m0/s1. The van der Waals surface area contributed by atoms with E-state index in [4.69, 9.17) is 0 Å². The lowest BCUT2D eigenvalue weighted by Gasteiger charge is -2.19. The van der Waals surface area contributed by atoms with E-state index in [1.54, 1.807) is 0 Å². The van der Waals surface area contributed by atoms with Crippen LogP contribution in [0.3, 0.4) is 0 Å². The summed E-state index contributed by atoms with van der Waals surface area (Å²) >= 11 is 0. The number of fused-ring (bicyclic) bond motifs is 1. The summed E-state index contributed by atoms with van der Waals surface area (Å²) in [5.41, 5.74) is 5.70. The highest BCUT2D eigenvalue weighted by atomic mass is 16.3. The van der Waals surface area contributed by atoms with Gasteiger partial charge in [0.1, 0.15) is 17.9 Å². The summed E-state index contributed by atoms with van der Waals surface area (Å²) in [5, 5.41) is 24.6. The number of benzene rings is 1. The number of nitrogens with zero attached hydrogens (tertiary/aromatic N) is 5. The molecule has 1 aliphatic rings. The fraction of sp³-hybridized carbons (Fsp3) is 0.364. The Hall–Kier alpha value is -2.88. The van der Waals surface area contributed by atoms with Crippen molar-refractivity contribution >= 4 is 0 Å². The molecule has 0 fully saturated rings. The van der Waals surface area contributed by atoms with Gasteiger partial charge in [-0.1, -0.05) is 30.3 Å². The van der Waals surface area contributed by atoms with Gasteiger partial charge in [-0.2, -0.15) is 10.4 Å². The van der Waals surface area contributed by atoms with Crippen molar-refractivity contribution in [1.29, 1.82) is 5.26 Å². The van der Waals surface area contributed by atoms with Gasteiger partial charge in [0.15, 0.2) is 0 Å². The molecule has 1 aliphatic heterocycles. The van der Waals surface area contributed by atoms with Crippen molar-refractivity contribution in [1.82, 2.24) is 19.2 Å². The summed E-state index contributed by atoms with van der Waals surface area (Å²) in [6, 6.07) is 15.9. The van der Waals surface area contributed by atoms with Crippen molar-refractivity contribution in [3.63, 3.8) is 0 Å². The normalized spacial score (nSPS) is 15.6. The Bertz CT molecular complexity index is 1010. The second-order valence-electron chi connectivity index (χ2n) is 7.47. The Balaban J connectivity index is 1.54. The molecule has 3 aromatic rings. The third-order valence-corrected chi connectivity index (χ3v) is 5.66. The quantitative estimate of drug-likeness (QED) is 0.761. The van der Waals surface area contributed by atoms with Crippen LogP contribution in [0, 0.1) is 18.3 Å². The van der Waals surface area contributed by atoms with Gasteiger partial charge >= 0.3 is 0 Å². The summed E-state index contributed by atoms with van der Waals surface area (Å²) in [7, 11) is 1.94. The number of hydrogen-bond acceptors (Lipinski definition) is 4. The van der Waals surface area contributed by atoms with E-state index in [0.717, 1.165) is 49.6 Å².